The standard InChI is InChI=1S/C22H21N7O2/c1-14-12-29(6-7-31-14)19-3-2-17(11-26-19)27-21-20-15(4-5-25-22(20)30)8-18(28-21)16-9-23-13-24-10-16/h2-5,8-11,13-14H,6-7,12H2,1H3,(H,25,30)(H,27,28)/t14-/m0/s1. The Morgan fingerprint density at radius 2 is 2.06 bits per heavy atom. The Hall–Kier alpha value is -3.85. The first-order chi connectivity index (χ1) is 15.2. The van der Waals surface area contributed by atoms with Crippen molar-refractivity contribution >= 4 is 28.1 Å². The fourth-order valence-corrected chi connectivity index (χ4v) is 3.69. The van der Waals surface area contributed by atoms with Gasteiger partial charge in [0.25, 0.3) is 5.56 Å². The average Bonchev–Trinajstić information content (AvgIpc) is 2.80. The zero-order chi connectivity index (χ0) is 21.2. The van der Waals surface area contributed by atoms with Crippen LogP contribution < -0.4 is 15.8 Å². The summed E-state index contributed by atoms with van der Waals surface area (Å²) >= 11 is 0. The molecule has 9 heteroatoms. The number of nitrogens with one attached hydrogen (secondary N) is 2. The van der Waals surface area contributed by atoms with Crippen molar-refractivity contribution in [3.63, 3.8) is 0 Å². The number of aromatic amines is 1. The summed E-state index contributed by atoms with van der Waals surface area (Å²) in [7, 11) is 0. The molecule has 0 aromatic carbocycles. The normalized spacial score (nSPS) is 16.4. The summed E-state index contributed by atoms with van der Waals surface area (Å²) in [4.78, 5) is 34.9. The van der Waals surface area contributed by atoms with Crippen molar-refractivity contribution in [1.29, 1.82) is 0 Å². The Kier molecular flexibility index (Phi) is 5.01. The highest BCUT2D eigenvalue weighted by Crippen LogP contribution is 2.27. The molecule has 5 rings (SSSR count). The molecule has 31 heavy (non-hydrogen) atoms. The van der Waals surface area contributed by atoms with Crippen molar-refractivity contribution in [2.75, 3.05) is 29.9 Å². The highest BCUT2D eigenvalue weighted by atomic mass is 16.5. The van der Waals surface area contributed by atoms with E-state index in [-0.39, 0.29) is 11.7 Å². The minimum Gasteiger partial charge on any atom is -0.375 e. The average molecular weight is 415 g/mol. The number of pyridine rings is 3. The quantitative estimate of drug-likeness (QED) is 0.524. The summed E-state index contributed by atoms with van der Waals surface area (Å²) in [5.74, 6) is 1.35. The lowest BCUT2D eigenvalue weighted by molar-refractivity contribution is 0.0529. The van der Waals surface area contributed by atoms with E-state index in [1.54, 1.807) is 24.8 Å². The zero-order valence-electron chi connectivity index (χ0n) is 16.9. The Labute approximate surface area is 178 Å². The van der Waals surface area contributed by atoms with Gasteiger partial charge in [-0.15, -0.1) is 0 Å². The fraction of sp³-hybridized carbons (Fsp3) is 0.227. The maximum atomic E-state index is 12.5. The van der Waals surface area contributed by atoms with Gasteiger partial charge in [0.05, 0.1) is 35.7 Å². The van der Waals surface area contributed by atoms with Crippen LogP contribution in [0.5, 0.6) is 0 Å². The number of H-pyrrole nitrogens is 1. The van der Waals surface area contributed by atoms with Gasteiger partial charge in [-0.05, 0) is 36.6 Å². The van der Waals surface area contributed by atoms with E-state index in [9.17, 15) is 4.79 Å². The van der Waals surface area contributed by atoms with Gasteiger partial charge in [-0.3, -0.25) is 4.79 Å². The van der Waals surface area contributed by atoms with Crippen LogP contribution in [0, 0.1) is 0 Å². The van der Waals surface area contributed by atoms with Gasteiger partial charge >= 0.3 is 0 Å². The summed E-state index contributed by atoms with van der Waals surface area (Å²) in [6.07, 6.45) is 8.41. The van der Waals surface area contributed by atoms with Gasteiger partial charge in [-0.2, -0.15) is 0 Å². The smallest absolute Gasteiger partial charge is 0.259 e. The molecule has 1 saturated heterocycles. The van der Waals surface area contributed by atoms with Crippen LogP contribution in [-0.4, -0.2) is 50.7 Å². The summed E-state index contributed by atoms with van der Waals surface area (Å²) in [5, 5.41) is 4.51. The molecule has 0 aliphatic carbocycles. The van der Waals surface area contributed by atoms with Crippen LogP contribution in [0.3, 0.4) is 0 Å². The molecule has 1 fully saturated rings. The molecule has 9 nitrogen and oxygen atoms in total. The van der Waals surface area contributed by atoms with Gasteiger partial charge in [0.1, 0.15) is 18.0 Å². The molecule has 1 aliphatic heterocycles. The Morgan fingerprint density at radius 1 is 1.19 bits per heavy atom. The van der Waals surface area contributed by atoms with Crippen LogP contribution in [0.2, 0.25) is 0 Å². The Bertz CT molecular complexity index is 1260. The lowest BCUT2D eigenvalue weighted by Crippen LogP contribution is -2.41. The maximum Gasteiger partial charge on any atom is 0.259 e. The second kappa shape index (κ2) is 8.11. The largest absolute Gasteiger partial charge is 0.375 e. The van der Waals surface area contributed by atoms with Crippen LogP contribution in [0.25, 0.3) is 22.0 Å². The molecular weight excluding hydrogens is 394 g/mol. The summed E-state index contributed by atoms with van der Waals surface area (Å²) < 4.78 is 5.60. The number of ether oxygens (including phenoxy) is 1. The van der Waals surface area contributed by atoms with Crippen molar-refractivity contribution < 1.29 is 4.74 Å². The highest BCUT2D eigenvalue weighted by molar-refractivity contribution is 5.95. The third kappa shape index (κ3) is 3.95. The first-order valence-electron chi connectivity index (χ1n) is 10.0. The van der Waals surface area contributed by atoms with E-state index in [1.165, 1.54) is 6.33 Å². The van der Waals surface area contributed by atoms with Crippen molar-refractivity contribution in [3.05, 3.63) is 65.7 Å². The van der Waals surface area contributed by atoms with Crippen LogP contribution in [0.4, 0.5) is 17.3 Å². The second-order valence-electron chi connectivity index (χ2n) is 7.41. The van der Waals surface area contributed by atoms with E-state index in [0.29, 0.717) is 23.5 Å². The van der Waals surface area contributed by atoms with E-state index in [2.05, 4.69) is 42.1 Å². The number of anilines is 3. The molecule has 2 N–H and O–H groups in total. The van der Waals surface area contributed by atoms with Gasteiger partial charge in [0.2, 0.25) is 0 Å². The molecule has 0 radical (unpaired) electrons. The van der Waals surface area contributed by atoms with Crippen LogP contribution >= 0.6 is 0 Å². The number of morpholine rings is 1. The molecule has 0 unspecified atom stereocenters. The molecule has 4 aromatic rings. The molecule has 0 amide bonds. The topological polar surface area (TPSA) is 109 Å². The van der Waals surface area contributed by atoms with Crippen molar-refractivity contribution in [2.24, 2.45) is 0 Å². The van der Waals surface area contributed by atoms with Gasteiger partial charge in [0.15, 0.2) is 0 Å². The van der Waals surface area contributed by atoms with Gasteiger partial charge < -0.3 is 19.9 Å². The van der Waals surface area contributed by atoms with Crippen LogP contribution in [-0.2, 0) is 4.74 Å². The van der Waals surface area contributed by atoms with E-state index >= 15 is 0 Å². The molecule has 5 heterocycles. The molecule has 156 valence electrons. The molecule has 0 saturated carbocycles. The predicted molar refractivity (Wildman–Crippen MR) is 119 cm³/mol. The van der Waals surface area contributed by atoms with Gasteiger partial charge in [-0.1, -0.05) is 0 Å². The number of aromatic nitrogens is 5. The minimum atomic E-state index is -0.213. The van der Waals surface area contributed by atoms with Crippen molar-refractivity contribution in [1.82, 2.24) is 24.9 Å². The van der Waals surface area contributed by atoms with Gasteiger partial charge in [-0.25, -0.2) is 19.9 Å². The molecule has 4 aromatic heterocycles. The number of nitrogens with zero attached hydrogens (tertiary/aromatic N) is 5. The monoisotopic (exact) mass is 415 g/mol. The minimum absolute atomic E-state index is 0.181. The van der Waals surface area contributed by atoms with Crippen LogP contribution in [0.15, 0.2) is 60.2 Å². The molecule has 0 bridgehead atoms. The third-order valence-corrected chi connectivity index (χ3v) is 5.19. The lowest BCUT2D eigenvalue weighted by Gasteiger charge is -2.32. The molecule has 1 atom stereocenters. The second-order valence-corrected chi connectivity index (χ2v) is 7.41. The third-order valence-electron chi connectivity index (χ3n) is 5.19. The Balaban J connectivity index is 1.50. The number of hydrogen-bond donors (Lipinski definition) is 2. The number of fused-ring (bicyclic) bond motifs is 1. The molecule has 1 aliphatic rings. The SMILES string of the molecule is C[C@H]1CN(c2ccc(Nc3nc(-c4cncnc4)cc4cc[nH]c(=O)c34)cn2)CCO1. The molecule has 0 spiro atoms. The zero-order valence-corrected chi connectivity index (χ0v) is 16.9. The number of rotatable bonds is 4. The van der Waals surface area contributed by atoms with Crippen molar-refractivity contribution in [2.45, 2.75) is 13.0 Å². The first kappa shape index (κ1) is 19.1. The van der Waals surface area contributed by atoms with E-state index in [1.807, 2.05) is 24.3 Å². The van der Waals surface area contributed by atoms with Gasteiger partial charge in [0, 0.05) is 37.2 Å². The van der Waals surface area contributed by atoms with E-state index < -0.39 is 0 Å². The summed E-state index contributed by atoms with van der Waals surface area (Å²) in [6, 6.07) is 7.60. The lowest BCUT2D eigenvalue weighted by atomic mass is 10.1. The fourth-order valence-electron chi connectivity index (χ4n) is 3.69. The van der Waals surface area contributed by atoms with E-state index in [4.69, 9.17) is 4.74 Å². The van der Waals surface area contributed by atoms with Crippen LogP contribution in [0.1, 0.15) is 6.92 Å². The molecular formula is C22H21N7O2. The Morgan fingerprint density at radius 3 is 2.84 bits per heavy atom. The number of hydrogen-bond acceptors (Lipinski definition) is 8. The summed E-state index contributed by atoms with van der Waals surface area (Å²) in [6.45, 7) is 4.37. The summed E-state index contributed by atoms with van der Waals surface area (Å²) in [5.41, 5.74) is 1.97. The van der Waals surface area contributed by atoms with E-state index in [0.717, 1.165) is 35.5 Å². The maximum absolute atomic E-state index is 12.5. The predicted octanol–water partition coefficient (Wildman–Crippen LogP) is 2.74. The first-order valence-corrected chi connectivity index (χ1v) is 10.0. The van der Waals surface area contributed by atoms with Crippen molar-refractivity contribution in [3.8, 4) is 11.3 Å². The highest BCUT2D eigenvalue weighted by Gasteiger charge is 2.18.